The molecule has 78 valence electrons. The molecular formula is C9H19NO3. The Morgan fingerprint density at radius 3 is 2.85 bits per heavy atom. The zero-order valence-electron chi connectivity index (χ0n) is 8.07. The van der Waals surface area contributed by atoms with Crippen LogP contribution in [0.25, 0.3) is 0 Å². The molecule has 0 aliphatic carbocycles. The molecule has 13 heavy (non-hydrogen) atoms. The minimum Gasteiger partial charge on any atom is -0.394 e. The van der Waals surface area contributed by atoms with Crippen molar-refractivity contribution in [3.05, 3.63) is 0 Å². The summed E-state index contributed by atoms with van der Waals surface area (Å²) in [6.07, 6.45) is 2.20. The molecule has 4 heteroatoms. The lowest BCUT2D eigenvalue weighted by Gasteiger charge is -2.13. The van der Waals surface area contributed by atoms with Crippen molar-refractivity contribution in [1.82, 2.24) is 5.32 Å². The standard InChI is InChI=1S/C9H19NO3/c1-7-2-3-9(13-7)5-10-4-8(12)6-11/h7-12H,2-6H2,1H3. The molecule has 0 aromatic rings. The van der Waals surface area contributed by atoms with E-state index < -0.39 is 6.10 Å². The fourth-order valence-corrected chi connectivity index (χ4v) is 1.51. The molecule has 3 unspecified atom stereocenters. The maximum atomic E-state index is 9.03. The van der Waals surface area contributed by atoms with E-state index in [1.807, 2.05) is 0 Å². The Morgan fingerprint density at radius 2 is 2.31 bits per heavy atom. The minimum atomic E-state index is -0.654. The van der Waals surface area contributed by atoms with Gasteiger partial charge in [0.1, 0.15) is 0 Å². The Balaban J connectivity index is 2.00. The molecule has 0 aromatic heterocycles. The second-order valence-corrected chi connectivity index (χ2v) is 3.64. The molecule has 0 radical (unpaired) electrons. The first-order valence-corrected chi connectivity index (χ1v) is 4.87. The topological polar surface area (TPSA) is 61.7 Å². The quantitative estimate of drug-likeness (QED) is 0.545. The Bertz CT molecular complexity index is 143. The highest BCUT2D eigenvalue weighted by Gasteiger charge is 2.21. The summed E-state index contributed by atoms with van der Waals surface area (Å²) < 4.78 is 5.57. The van der Waals surface area contributed by atoms with Crippen molar-refractivity contribution in [2.75, 3.05) is 19.7 Å². The van der Waals surface area contributed by atoms with Gasteiger partial charge < -0.3 is 20.3 Å². The van der Waals surface area contributed by atoms with E-state index in [-0.39, 0.29) is 12.7 Å². The van der Waals surface area contributed by atoms with Gasteiger partial charge in [-0.3, -0.25) is 0 Å². The second kappa shape index (κ2) is 5.54. The third-order valence-electron chi connectivity index (χ3n) is 2.28. The van der Waals surface area contributed by atoms with Crippen molar-refractivity contribution in [1.29, 1.82) is 0 Å². The van der Waals surface area contributed by atoms with E-state index >= 15 is 0 Å². The van der Waals surface area contributed by atoms with Gasteiger partial charge in [-0.2, -0.15) is 0 Å². The van der Waals surface area contributed by atoms with E-state index in [4.69, 9.17) is 14.9 Å². The summed E-state index contributed by atoms with van der Waals surface area (Å²) in [6.45, 7) is 3.09. The predicted molar refractivity (Wildman–Crippen MR) is 49.5 cm³/mol. The summed E-state index contributed by atoms with van der Waals surface area (Å²) in [5, 5.41) is 20.6. The number of hydrogen-bond acceptors (Lipinski definition) is 4. The number of aliphatic hydroxyl groups excluding tert-OH is 2. The largest absolute Gasteiger partial charge is 0.394 e. The summed E-state index contributed by atoms with van der Waals surface area (Å²) in [4.78, 5) is 0. The number of hydrogen-bond donors (Lipinski definition) is 3. The van der Waals surface area contributed by atoms with E-state index in [2.05, 4.69) is 12.2 Å². The molecule has 3 N–H and O–H groups in total. The zero-order chi connectivity index (χ0) is 9.68. The van der Waals surface area contributed by atoms with E-state index in [1.165, 1.54) is 0 Å². The summed E-state index contributed by atoms with van der Waals surface area (Å²) in [6, 6.07) is 0. The molecule has 0 spiro atoms. The summed E-state index contributed by atoms with van der Waals surface area (Å²) >= 11 is 0. The molecule has 0 bridgehead atoms. The highest BCUT2D eigenvalue weighted by atomic mass is 16.5. The lowest BCUT2D eigenvalue weighted by Crippen LogP contribution is -2.34. The molecular weight excluding hydrogens is 170 g/mol. The van der Waals surface area contributed by atoms with Crippen LogP contribution in [0.15, 0.2) is 0 Å². The lowest BCUT2D eigenvalue weighted by atomic mass is 10.2. The van der Waals surface area contributed by atoms with Crippen molar-refractivity contribution >= 4 is 0 Å². The molecule has 1 aliphatic rings. The van der Waals surface area contributed by atoms with Gasteiger partial charge in [0.2, 0.25) is 0 Å². The molecule has 1 rings (SSSR count). The van der Waals surface area contributed by atoms with Crippen LogP contribution in [0.4, 0.5) is 0 Å². The van der Waals surface area contributed by atoms with Gasteiger partial charge in [0.15, 0.2) is 0 Å². The molecule has 3 atom stereocenters. The van der Waals surface area contributed by atoms with Gasteiger partial charge in [-0.15, -0.1) is 0 Å². The van der Waals surface area contributed by atoms with E-state index in [1.54, 1.807) is 0 Å². The van der Waals surface area contributed by atoms with E-state index in [9.17, 15) is 0 Å². The van der Waals surface area contributed by atoms with Crippen LogP contribution in [0.2, 0.25) is 0 Å². The summed E-state index contributed by atoms with van der Waals surface area (Å²) in [5.74, 6) is 0. The van der Waals surface area contributed by atoms with Gasteiger partial charge in [0, 0.05) is 13.1 Å². The van der Waals surface area contributed by atoms with Crippen molar-refractivity contribution < 1.29 is 14.9 Å². The van der Waals surface area contributed by atoms with E-state index in [0.717, 1.165) is 19.4 Å². The molecule has 1 aliphatic heterocycles. The zero-order valence-corrected chi connectivity index (χ0v) is 8.07. The molecule has 4 nitrogen and oxygen atoms in total. The molecule has 1 fully saturated rings. The number of nitrogens with one attached hydrogen (secondary N) is 1. The first-order valence-electron chi connectivity index (χ1n) is 4.87. The van der Waals surface area contributed by atoms with Crippen LogP contribution in [0.3, 0.4) is 0 Å². The fourth-order valence-electron chi connectivity index (χ4n) is 1.51. The smallest absolute Gasteiger partial charge is 0.0894 e. The lowest BCUT2D eigenvalue weighted by molar-refractivity contribution is 0.0498. The maximum absolute atomic E-state index is 9.03. The number of rotatable bonds is 5. The minimum absolute atomic E-state index is 0.186. The average molecular weight is 189 g/mol. The Hall–Kier alpha value is -0.160. The third-order valence-corrected chi connectivity index (χ3v) is 2.28. The van der Waals surface area contributed by atoms with Crippen LogP contribution < -0.4 is 5.32 Å². The molecule has 0 amide bonds. The van der Waals surface area contributed by atoms with Crippen LogP contribution in [-0.2, 0) is 4.74 Å². The maximum Gasteiger partial charge on any atom is 0.0894 e. The number of ether oxygens (including phenoxy) is 1. The van der Waals surface area contributed by atoms with Gasteiger partial charge in [-0.1, -0.05) is 0 Å². The Labute approximate surface area is 78.9 Å². The Morgan fingerprint density at radius 1 is 1.54 bits per heavy atom. The summed E-state index contributed by atoms with van der Waals surface area (Å²) in [5.41, 5.74) is 0. The van der Waals surface area contributed by atoms with Crippen LogP contribution in [0.1, 0.15) is 19.8 Å². The summed E-state index contributed by atoms with van der Waals surface area (Å²) in [7, 11) is 0. The van der Waals surface area contributed by atoms with Gasteiger partial charge in [0.25, 0.3) is 0 Å². The van der Waals surface area contributed by atoms with Crippen LogP contribution in [0.5, 0.6) is 0 Å². The van der Waals surface area contributed by atoms with Gasteiger partial charge in [0.05, 0.1) is 24.9 Å². The number of aliphatic hydroxyl groups is 2. The third kappa shape index (κ3) is 4.04. The highest BCUT2D eigenvalue weighted by molar-refractivity contribution is 4.73. The van der Waals surface area contributed by atoms with E-state index in [0.29, 0.717) is 12.6 Å². The van der Waals surface area contributed by atoms with Crippen molar-refractivity contribution in [3.63, 3.8) is 0 Å². The van der Waals surface area contributed by atoms with Gasteiger partial charge >= 0.3 is 0 Å². The fraction of sp³-hybridized carbons (Fsp3) is 1.00. The van der Waals surface area contributed by atoms with Crippen LogP contribution in [0, 0.1) is 0 Å². The molecule has 1 heterocycles. The van der Waals surface area contributed by atoms with Gasteiger partial charge in [-0.05, 0) is 19.8 Å². The first kappa shape index (κ1) is 10.9. The van der Waals surface area contributed by atoms with Crippen LogP contribution >= 0.6 is 0 Å². The average Bonchev–Trinajstić information content (AvgIpc) is 2.51. The predicted octanol–water partition coefficient (Wildman–Crippen LogP) is -0.503. The molecule has 0 saturated carbocycles. The first-order chi connectivity index (χ1) is 6.22. The van der Waals surface area contributed by atoms with Crippen molar-refractivity contribution in [3.8, 4) is 0 Å². The van der Waals surface area contributed by atoms with Crippen molar-refractivity contribution in [2.24, 2.45) is 0 Å². The normalized spacial score (nSPS) is 30.7. The molecule has 0 aromatic carbocycles. The molecule has 1 saturated heterocycles. The Kier molecular flexibility index (Phi) is 4.66. The SMILES string of the molecule is CC1CCC(CNCC(O)CO)O1. The second-order valence-electron chi connectivity index (χ2n) is 3.64. The van der Waals surface area contributed by atoms with Crippen molar-refractivity contribution in [2.45, 2.75) is 38.1 Å². The van der Waals surface area contributed by atoms with Crippen LogP contribution in [-0.4, -0.2) is 48.2 Å². The van der Waals surface area contributed by atoms with Gasteiger partial charge in [-0.25, -0.2) is 0 Å². The monoisotopic (exact) mass is 189 g/mol. The highest BCUT2D eigenvalue weighted by Crippen LogP contribution is 2.17.